The Morgan fingerprint density at radius 3 is 3.03 bits per heavy atom. The molecular formula is C20H18N6O3S. The van der Waals surface area contributed by atoms with Gasteiger partial charge in [0.2, 0.25) is 5.89 Å². The Morgan fingerprint density at radius 2 is 2.17 bits per heavy atom. The molecular weight excluding hydrogens is 404 g/mol. The molecule has 5 aromatic rings. The van der Waals surface area contributed by atoms with Crippen LogP contribution in [0.4, 0.5) is 0 Å². The van der Waals surface area contributed by atoms with Crippen LogP contribution in [-0.2, 0) is 20.0 Å². The first-order chi connectivity index (χ1) is 14.5. The summed E-state index contributed by atoms with van der Waals surface area (Å²) in [6.45, 7) is 2.09. The number of aliphatic hydroxyl groups excluding tert-OH is 1. The number of thiophene rings is 1. The lowest BCUT2D eigenvalue weighted by Crippen LogP contribution is -2.24. The maximum Gasteiger partial charge on any atom is 0.293 e. The maximum absolute atomic E-state index is 12.6. The lowest BCUT2D eigenvalue weighted by atomic mass is 10.1. The SMILES string of the molecule is Cc1ccc2cc([C@@H](O)Cc3noc(Cn4ncc5ncn(C)c5c4=O)n3)sc2c1. The van der Waals surface area contributed by atoms with E-state index in [4.69, 9.17) is 4.52 Å². The molecule has 1 aromatic carbocycles. The van der Waals surface area contributed by atoms with Crippen molar-refractivity contribution in [2.24, 2.45) is 7.05 Å². The van der Waals surface area contributed by atoms with Crippen molar-refractivity contribution in [2.75, 3.05) is 0 Å². The van der Waals surface area contributed by atoms with Crippen molar-refractivity contribution in [1.29, 1.82) is 0 Å². The Hall–Kier alpha value is -3.37. The van der Waals surface area contributed by atoms with E-state index < -0.39 is 6.10 Å². The zero-order chi connectivity index (χ0) is 20.8. The van der Waals surface area contributed by atoms with Crippen LogP contribution in [0.25, 0.3) is 21.1 Å². The molecule has 4 heterocycles. The van der Waals surface area contributed by atoms with Gasteiger partial charge in [-0.2, -0.15) is 10.1 Å². The Balaban J connectivity index is 1.34. The first-order valence-electron chi connectivity index (χ1n) is 9.35. The predicted octanol–water partition coefficient (Wildman–Crippen LogP) is 2.36. The molecule has 0 bridgehead atoms. The van der Waals surface area contributed by atoms with E-state index >= 15 is 0 Å². The highest BCUT2D eigenvalue weighted by molar-refractivity contribution is 7.19. The van der Waals surface area contributed by atoms with E-state index in [0.29, 0.717) is 16.9 Å². The van der Waals surface area contributed by atoms with Gasteiger partial charge in [0.05, 0.1) is 18.6 Å². The zero-order valence-electron chi connectivity index (χ0n) is 16.3. The van der Waals surface area contributed by atoms with Crippen LogP contribution in [0.1, 0.15) is 28.3 Å². The lowest BCUT2D eigenvalue weighted by molar-refractivity contribution is 0.178. The normalized spacial score (nSPS) is 12.8. The first kappa shape index (κ1) is 18.6. The van der Waals surface area contributed by atoms with Crippen LogP contribution >= 0.6 is 11.3 Å². The molecule has 0 aliphatic heterocycles. The maximum atomic E-state index is 12.6. The summed E-state index contributed by atoms with van der Waals surface area (Å²) in [6.07, 6.45) is 2.58. The topological polar surface area (TPSA) is 112 Å². The van der Waals surface area contributed by atoms with Crippen LogP contribution in [0, 0.1) is 6.92 Å². The van der Waals surface area contributed by atoms with Gasteiger partial charge in [-0.05, 0) is 30.0 Å². The molecule has 0 aliphatic rings. The highest BCUT2D eigenvalue weighted by Gasteiger charge is 2.17. The highest BCUT2D eigenvalue weighted by Crippen LogP contribution is 2.31. The molecule has 0 fully saturated rings. The average molecular weight is 422 g/mol. The molecule has 4 aromatic heterocycles. The van der Waals surface area contributed by atoms with Gasteiger partial charge in [0.25, 0.3) is 5.56 Å². The predicted molar refractivity (Wildman–Crippen MR) is 111 cm³/mol. The van der Waals surface area contributed by atoms with E-state index in [0.717, 1.165) is 15.0 Å². The van der Waals surface area contributed by atoms with Crippen molar-refractivity contribution in [3.63, 3.8) is 0 Å². The van der Waals surface area contributed by atoms with Gasteiger partial charge in [-0.15, -0.1) is 11.3 Å². The molecule has 10 heteroatoms. The summed E-state index contributed by atoms with van der Waals surface area (Å²) in [6, 6.07) is 8.19. The molecule has 1 N–H and O–H groups in total. The summed E-state index contributed by atoms with van der Waals surface area (Å²) in [5.74, 6) is 0.626. The molecule has 0 aliphatic carbocycles. The quantitative estimate of drug-likeness (QED) is 0.463. The standard InChI is InChI=1S/C20H18N6O3S/c1-11-3-4-12-6-16(30-15(12)5-11)14(27)7-17-23-18(29-24-17)9-26-20(28)19-13(8-22-26)21-10-25(19)2/h3-6,8,10,14,27H,7,9H2,1-2H3/t14-/m0/s1. The summed E-state index contributed by atoms with van der Waals surface area (Å²) in [5, 5.41) is 19.8. The van der Waals surface area contributed by atoms with Gasteiger partial charge in [-0.3, -0.25) is 4.79 Å². The summed E-state index contributed by atoms with van der Waals surface area (Å²) >= 11 is 1.55. The van der Waals surface area contributed by atoms with Crippen LogP contribution in [-0.4, -0.2) is 34.6 Å². The number of imidazole rings is 1. The zero-order valence-corrected chi connectivity index (χ0v) is 17.1. The molecule has 152 valence electrons. The second-order valence-corrected chi connectivity index (χ2v) is 8.33. The minimum atomic E-state index is -0.736. The van der Waals surface area contributed by atoms with Crippen LogP contribution in [0.3, 0.4) is 0 Å². The third-order valence-corrected chi connectivity index (χ3v) is 6.12. The molecule has 0 unspecified atom stereocenters. The Bertz CT molecular complexity index is 1430. The summed E-state index contributed by atoms with van der Waals surface area (Å²) in [7, 11) is 1.75. The Kier molecular flexibility index (Phi) is 4.44. The molecule has 5 rings (SSSR count). The second kappa shape index (κ2) is 7.15. The van der Waals surface area contributed by atoms with Crippen LogP contribution in [0.5, 0.6) is 0 Å². The molecule has 0 radical (unpaired) electrons. The van der Waals surface area contributed by atoms with E-state index in [1.165, 1.54) is 16.4 Å². The van der Waals surface area contributed by atoms with Crippen LogP contribution < -0.4 is 5.56 Å². The summed E-state index contributed by atoms with van der Waals surface area (Å²) in [5.41, 5.74) is 1.89. The highest BCUT2D eigenvalue weighted by atomic mass is 32.1. The fourth-order valence-electron chi connectivity index (χ4n) is 3.38. The smallest absolute Gasteiger partial charge is 0.293 e. The Morgan fingerprint density at radius 1 is 1.30 bits per heavy atom. The third-order valence-electron chi connectivity index (χ3n) is 4.92. The number of hydrogen-bond donors (Lipinski definition) is 1. The van der Waals surface area contributed by atoms with Crippen molar-refractivity contribution in [3.05, 3.63) is 69.3 Å². The number of benzene rings is 1. The van der Waals surface area contributed by atoms with Gasteiger partial charge in [0.1, 0.15) is 17.6 Å². The van der Waals surface area contributed by atoms with E-state index in [-0.39, 0.29) is 24.4 Å². The third kappa shape index (κ3) is 3.29. The first-order valence-corrected chi connectivity index (χ1v) is 10.2. The Labute approximate surface area is 174 Å². The van der Waals surface area contributed by atoms with E-state index in [1.807, 2.05) is 19.1 Å². The lowest BCUT2D eigenvalue weighted by Gasteiger charge is -2.04. The van der Waals surface area contributed by atoms with Gasteiger partial charge < -0.3 is 14.2 Å². The van der Waals surface area contributed by atoms with Crippen molar-refractivity contribution in [1.82, 2.24) is 29.5 Å². The summed E-state index contributed by atoms with van der Waals surface area (Å²) < 4.78 is 9.31. The molecule has 30 heavy (non-hydrogen) atoms. The second-order valence-electron chi connectivity index (χ2n) is 7.21. The number of rotatable bonds is 5. The number of fused-ring (bicyclic) bond motifs is 2. The van der Waals surface area contributed by atoms with Gasteiger partial charge in [0, 0.05) is 23.0 Å². The van der Waals surface area contributed by atoms with Crippen LogP contribution in [0.15, 0.2) is 46.1 Å². The van der Waals surface area contributed by atoms with Gasteiger partial charge in [0.15, 0.2) is 5.82 Å². The molecule has 1 atom stereocenters. The largest absolute Gasteiger partial charge is 0.387 e. The summed E-state index contributed by atoms with van der Waals surface area (Å²) in [4.78, 5) is 21.9. The van der Waals surface area contributed by atoms with E-state index in [1.54, 1.807) is 29.3 Å². The van der Waals surface area contributed by atoms with E-state index in [9.17, 15) is 9.90 Å². The van der Waals surface area contributed by atoms with Crippen molar-refractivity contribution >= 4 is 32.5 Å². The van der Waals surface area contributed by atoms with E-state index in [2.05, 4.69) is 32.4 Å². The number of aryl methyl sites for hydroxylation is 2. The molecule has 0 spiro atoms. The van der Waals surface area contributed by atoms with Gasteiger partial charge in [-0.1, -0.05) is 17.3 Å². The monoisotopic (exact) mass is 422 g/mol. The molecule has 0 amide bonds. The number of nitrogens with zero attached hydrogens (tertiary/aromatic N) is 6. The fourth-order valence-corrected chi connectivity index (χ4v) is 4.53. The van der Waals surface area contributed by atoms with Gasteiger partial charge >= 0.3 is 0 Å². The van der Waals surface area contributed by atoms with Gasteiger partial charge in [-0.25, -0.2) is 9.67 Å². The minimum Gasteiger partial charge on any atom is -0.387 e. The van der Waals surface area contributed by atoms with Crippen molar-refractivity contribution < 1.29 is 9.63 Å². The number of aliphatic hydroxyl groups is 1. The minimum absolute atomic E-state index is 0.0468. The molecule has 0 saturated carbocycles. The average Bonchev–Trinajstić information content (AvgIpc) is 3.43. The number of aromatic nitrogens is 6. The fraction of sp³-hybridized carbons (Fsp3) is 0.250. The number of hydrogen-bond acceptors (Lipinski definition) is 8. The van der Waals surface area contributed by atoms with Crippen molar-refractivity contribution in [3.8, 4) is 0 Å². The van der Waals surface area contributed by atoms with Crippen molar-refractivity contribution in [2.45, 2.75) is 26.0 Å². The van der Waals surface area contributed by atoms with Crippen LogP contribution in [0.2, 0.25) is 0 Å². The molecule has 9 nitrogen and oxygen atoms in total. The molecule has 0 saturated heterocycles.